The lowest BCUT2D eigenvalue weighted by molar-refractivity contribution is 0.381. The van der Waals surface area contributed by atoms with Gasteiger partial charge < -0.3 is 5.32 Å². The van der Waals surface area contributed by atoms with Gasteiger partial charge in [0.2, 0.25) is 0 Å². The Morgan fingerprint density at radius 1 is 1.07 bits per heavy atom. The summed E-state index contributed by atoms with van der Waals surface area (Å²) >= 11 is 3.68. The van der Waals surface area contributed by atoms with Crippen molar-refractivity contribution in [2.24, 2.45) is 0 Å². The van der Waals surface area contributed by atoms with Gasteiger partial charge in [0.15, 0.2) is 0 Å². The normalized spacial score (nSPS) is 26.5. The molecule has 2 rings (SSSR count). The van der Waals surface area contributed by atoms with Crippen LogP contribution in [0.2, 0.25) is 0 Å². The summed E-state index contributed by atoms with van der Waals surface area (Å²) in [5.74, 6) is 0. The third-order valence-electron chi connectivity index (χ3n) is 3.09. The molecule has 0 unspecified atom stereocenters. The minimum Gasteiger partial charge on any atom is -0.310 e. The molecular weight excluding hydrogens is 250 g/mol. The molecule has 0 bridgehead atoms. The lowest BCUT2D eigenvalue weighted by Crippen LogP contribution is -2.32. The van der Waals surface area contributed by atoms with Gasteiger partial charge >= 0.3 is 0 Å². The molecule has 0 atom stereocenters. The Kier molecular flexibility index (Phi) is 4.21. The summed E-state index contributed by atoms with van der Waals surface area (Å²) in [4.78, 5) is 0.757. The lowest BCUT2D eigenvalue weighted by atomic mass is 9.95. The summed E-state index contributed by atoms with van der Waals surface area (Å²) in [6.45, 7) is 1.01. The van der Waals surface area contributed by atoms with Gasteiger partial charge in [-0.25, -0.2) is 0 Å². The Balaban J connectivity index is 1.74. The maximum atomic E-state index is 3.68. The molecule has 1 nitrogen and oxygen atoms in total. The fraction of sp³-hybridized carbons (Fsp3) is 0.538. The number of alkyl halides is 1. The molecule has 0 aliphatic heterocycles. The van der Waals surface area contributed by atoms with E-state index in [1.165, 1.54) is 31.2 Å². The van der Waals surface area contributed by atoms with Crippen LogP contribution in [0.25, 0.3) is 0 Å². The third kappa shape index (κ3) is 3.62. The summed E-state index contributed by atoms with van der Waals surface area (Å²) in [6, 6.07) is 11.4. The van der Waals surface area contributed by atoms with Crippen molar-refractivity contribution in [3.63, 3.8) is 0 Å². The van der Waals surface area contributed by atoms with Crippen molar-refractivity contribution in [3.05, 3.63) is 35.9 Å². The summed E-state index contributed by atoms with van der Waals surface area (Å²) in [5, 5.41) is 3.64. The minimum absolute atomic E-state index is 0.721. The van der Waals surface area contributed by atoms with Crippen LogP contribution in [-0.2, 0) is 6.54 Å². The Bertz CT molecular complexity index is 278. The first-order valence-electron chi connectivity index (χ1n) is 5.76. The molecule has 1 saturated carbocycles. The van der Waals surface area contributed by atoms with Crippen molar-refractivity contribution in [2.75, 3.05) is 0 Å². The first-order valence-corrected chi connectivity index (χ1v) is 6.67. The second kappa shape index (κ2) is 5.66. The molecule has 1 fully saturated rings. The molecule has 2 heteroatoms. The van der Waals surface area contributed by atoms with Crippen molar-refractivity contribution >= 4 is 15.9 Å². The largest absolute Gasteiger partial charge is 0.310 e. The fourth-order valence-corrected chi connectivity index (χ4v) is 2.64. The van der Waals surface area contributed by atoms with Crippen LogP contribution in [-0.4, -0.2) is 10.9 Å². The predicted molar refractivity (Wildman–Crippen MR) is 68.3 cm³/mol. The lowest BCUT2D eigenvalue weighted by Gasteiger charge is -2.26. The van der Waals surface area contributed by atoms with Crippen molar-refractivity contribution in [1.29, 1.82) is 0 Å². The van der Waals surface area contributed by atoms with E-state index in [2.05, 4.69) is 51.6 Å². The number of hydrogen-bond donors (Lipinski definition) is 1. The summed E-state index contributed by atoms with van der Waals surface area (Å²) in [6.07, 6.45) is 5.24. The average molecular weight is 268 g/mol. The smallest absolute Gasteiger partial charge is 0.0208 e. The number of rotatable bonds is 3. The van der Waals surface area contributed by atoms with Crippen molar-refractivity contribution in [2.45, 2.75) is 43.1 Å². The molecule has 0 aromatic heterocycles. The molecule has 0 amide bonds. The highest BCUT2D eigenvalue weighted by Gasteiger charge is 2.18. The Hall–Kier alpha value is -0.340. The van der Waals surface area contributed by atoms with Gasteiger partial charge in [-0.05, 0) is 31.2 Å². The zero-order chi connectivity index (χ0) is 10.5. The highest BCUT2D eigenvalue weighted by Crippen LogP contribution is 2.24. The van der Waals surface area contributed by atoms with Crippen molar-refractivity contribution < 1.29 is 0 Å². The number of benzene rings is 1. The van der Waals surface area contributed by atoms with E-state index in [-0.39, 0.29) is 0 Å². The summed E-state index contributed by atoms with van der Waals surface area (Å²) in [7, 11) is 0. The predicted octanol–water partition coefficient (Wildman–Crippen LogP) is 3.48. The van der Waals surface area contributed by atoms with Crippen LogP contribution < -0.4 is 5.32 Å². The minimum atomic E-state index is 0.721. The van der Waals surface area contributed by atoms with E-state index >= 15 is 0 Å². The number of halogens is 1. The van der Waals surface area contributed by atoms with Gasteiger partial charge in [-0.2, -0.15) is 0 Å². The van der Waals surface area contributed by atoms with Gasteiger partial charge in [0, 0.05) is 17.4 Å². The molecule has 1 N–H and O–H groups in total. The molecular formula is C13H18BrN. The molecule has 82 valence electrons. The van der Waals surface area contributed by atoms with Gasteiger partial charge in [0.25, 0.3) is 0 Å². The van der Waals surface area contributed by atoms with E-state index in [9.17, 15) is 0 Å². The fourth-order valence-electron chi connectivity index (χ4n) is 2.11. The Morgan fingerprint density at radius 2 is 1.73 bits per heavy atom. The van der Waals surface area contributed by atoms with Crippen LogP contribution in [0, 0.1) is 0 Å². The van der Waals surface area contributed by atoms with Gasteiger partial charge in [-0.15, -0.1) is 0 Å². The van der Waals surface area contributed by atoms with E-state index in [0.29, 0.717) is 0 Å². The molecule has 0 spiro atoms. The second-order valence-electron chi connectivity index (χ2n) is 4.32. The molecule has 1 aromatic rings. The first-order chi connectivity index (χ1) is 7.34. The van der Waals surface area contributed by atoms with Crippen LogP contribution in [0.5, 0.6) is 0 Å². The molecule has 0 saturated heterocycles. The molecule has 1 aliphatic rings. The van der Waals surface area contributed by atoms with E-state index in [4.69, 9.17) is 0 Å². The quantitative estimate of drug-likeness (QED) is 0.827. The highest BCUT2D eigenvalue weighted by molar-refractivity contribution is 9.09. The van der Waals surface area contributed by atoms with Crippen molar-refractivity contribution in [3.8, 4) is 0 Å². The van der Waals surface area contributed by atoms with Crippen LogP contribution in [0.15, 0.2) is 30.3 Å². The Morgan fingerprint density at radius 3 is 2.40 bits per heavy atom. The maximum absolute atomic E-state index is 3.68. The standard InChI is InChI=1S/C13H18BrN/c14-12-6-8-13(9-7-12)15-10-11-4-2-1-3-5-11/h1-5,12-13,15H,6-10H2. The molecule has 1 aromatic carbocycles. The second-order valence-corrected chi connectivity index (χ2v) is 5.61. The van der Waals surface area contributed by atoms with E-state index in [0.717, 1.165) is 17.4 Å². The van der Waals surface area contributed by atoms with Crippen LogP contribution in [0.4, 0.5) is 0 Å². The van der Waals surface area contributed by atoms with E-state index in [1.54, 1.807) is 0 Å². The Labute approximate surface area is 100 Å². The van der Waals surface area contributed by atoms with Gasteiger partial charge in [-0.1, -0.05) is 46.3 Å². The van der Waals surface area contributed by atoms with Gasteiger partial charge in [0.05, 0.1) is 0 Å². The zero-order valence-electron chi connectivity index (χ0n) is 8.95. The molecule has 0 radical (unpaired) electrons. The molecule has 15 heavy (non-hydrogen) atoms. The number of nitrogens with one attached hydrogen (secondary N) is 1. The average Bonchev–Trinajstić information content (AvgIpc) is 2.30. The summed E-state index contributed by atoms with van der Waals surface area (Å²) < 4.78 is 0. The van der Waals surface area contributed by atoms with E-state index < -0.39 is 0 Å². The van der Waals surface area contributed by atoms with Crippen LogP contribution >= 0.6 is 15.9 Å². The van der Waals surface area contributed by atoms with Gasteiger partial charge in [0.1, 0.15) is 0 Å². The van der Waals surface area contributed by atoms with Crippen LogP contribution in [0.3, 0.4) is 0 Å². The maximum Gasteiger partial charge on any atom is 0.0208 e. The zero-order valence-corrected chi connectivity index (χ0v) is 10.5. The third-order valence-corrected chi connectivity index (χ3v) is 4.01. The topological polar surface area (TPSA) is 12.0 Å². The molecule has 0 heterocycles. The monoisotopic (exact) mass is 267 g/mol. The van der Waals surface area contributed by atoms with Gasteiger partial charge in [-0.3, -0.25) is 0 Å². The SMILES string of the molecule is BrC1CCC(NCc2ccccc2)CC1. The molecule has 1 aliphatic carbocycles. The summed E-state index contributed by atoms with van der Waals surface area (Å²) in [5.41, 5.74) is 1.39. The van der Waals surface area contributed by atoms with E-state index in [1.807, 2.05) is 0 Å². The highest BCUT2D eigenvalue weighted by atomic mass is 79.9. The first kappa shape index (κ1) is 11.2. The number of hydrogen-bond acceptors (Lipinski definition) is 1. The van der Waals surface area contributed by atoms with Crippen molar-refractivity contribution in [1.82, 2.24) is 5.32 Å². The van der Waals surface area contributed by atoms with Crippen LogP contribution in [0.1, 0.15) is 31.2 Å².